The van der Waals surface area contributed by atoms with Gasteiger partial charge in [-0.1, -0.05) is 0 Å². The molecule has 0 N–H and O–H groups in total. The maximum absolute atomic E-state index is 5.85. The maximum Gasteiger partial charge on any atom is 0.161 e. The number of fused-ring (bicyclic) bond motifs is 2. The second-order valence-corrected chi connectivity index (χ2v) is 6.95. The van der Waals surface area contributed by atoms with Crippen molar-refractivity contribution < 1.29 is 14.2 Å². The van der Waals surface area contributed by atoms with Crippen molar-refractivity contribution in [2.45, 2.75) is 25.8 Å². The van der Waals surface area contributed by atoms with Crippen LogP contribution in [0.15, 0.2) is 12.1 Å². The van der Waals surface area contributed by atoms with E-state index < -0.39 is 0 Å². The standard InChI is InChI=1S/C19H28N2O3/c1(4-20-7-11-22-12-8-20)5-21-6-3-16-13-18-19(14-17(16)15-21)24-10-2-9-23-18/h13-14H,1-12,15H2. The van der Waals surface area contributed by atoms with Crippen molar-refractivity contribution in [3.8, 4) is 11.5 Å². The van der Waals surface area contributed by atoms with Crippen LogP contribution in [0.3, 0.4) is 0 Å². The highest BCUT2D eigenvalue weighted by atomic mass is 16.5. The third kappa shape index (κ3) is 3.85. The number of benzene rings is 1. The largest absolute Gasteiger partial charge is 0.490 e. The molecule has 0 aliphatic carbocycles. The quantitative estimate of drug-likeness (QED) is 0.842. The smallest absolute Gasteiger partial charge is 0.161 e. The first-order valence-corrected chi connectivity index (χ1v) is 9.32. The fourth-order valence-corrected chi connectivity index (χ4v) is 3.80. The van der Waals surface area contributed by atoms with Gasteiger partial charge in [0.05, 0.1) is 26.4 Å². The summed E-state index contributed by atoms with van der Waals surface area (Å²) in [6.45, 7) is 10.0. The number of hydrogen-bond donors (Lipinski definition) is 0. The zero-order valence-corrected chi connectivity index (χ0v) is 14.5. The van der Waals surface area contributed by atoms with Gasteiger partial charge in [0.15, 0.2) is 11.5 Å². The summed E-state index contributed by atoms with van der Waals surface area (Å²) in [4.78, 5) is 5.10. The molecule has 0 amide bonds. The summed E-state index contributed by atoms with van der Waals surface area (Å²) < 4.78 is 17.1. The minimum atomic E-state index is 0.759. The summed E-state index contributed by atoms with van der Waals surface area (Å²) in [6.07, 6.45) is 3.32. The highest BCUT2D eigenvalue weighted by Gasteiger charge is 2.21. The molecule has 1 saturated heterocycles. The van der Waals surface area contributed by atoms with Crippen molar-refractivity contribution >= 4 is 0 Å². The van der Waals surface area contributed by atoms with Gasteiger partial charge in [-0.3, -0.25) is 9.80 Å². The van der Waals surface area contributed by atoms with Crippen molar-refractivity contribution in [1.29, 1.82) is 0 Å². The Labute approximate surface area is 144 Å². The third-order valence-corrected chi connectivity index (χ3v) is 5.21. The first kappa shape index (κ1) is 16.2. The SMILES string of the molecule is c1c2c(cc3c1OCCCO3)CN(CCCN1CCOCC1)CC2. The number of nitrogens with zero attached hydrogens (tertiary/aromatic N) is 2. The van der Waals surface area contributed by atoms with Gasteiger partial charge in [-0.25, -0.2) is 0 Å². The Morgan fingerprint density at radius 2 is 1.50 bits per heavy atom. The van der Waals surface area contributed by atoms with Crippen LogP contribution in [0.4, 0.5) is 0 Å². The lowest BCUT2D eigenvalue weighted by atomic mass is 9.98. The van der Waals surface area contributed by atoms with Crippen molar-refractivity contribution in [3.05, 3.63) is 23.3 Å². The zero-order valence-electron chi connectivity index (χ0n) is 14.5. The number of ether oxygens (including phenoxy) is 3. The summed E-state index contributed by atoms with van der Waals surface area (Å²) in [7, 11) is 0. The first-order valence-electron chi connectivity index (χ1n) is 9.32. The Bertz CT molecular complexity index is 558. The number of rotatable bonds is 4. The van der Waals surface area contributed by atoms with E-state index in [2.05, 4.69) is 21.9 Å². The highest BCUT2D eigenvalue weighted by molar-refractivity contribution is 5.48. The molecule has 1 fully saturated rings. The third-order valence-electron chi connectivity index (χ3n) is 5.21. The molecule has 5 nitrogen and oxygen atoms in total. The molecule has 0 spiro atoms. The molecule has 3 heterocycles. The molecule has 24 heavy (non-hydrogen) atoms. The predicted molar refractivity (Wildman–Crippen MR) is 92.9 cm³/mol. The van der Waals surface area contributed by atoms with Crippen molar-refractivity contribution in [2.24, 2.45) is 0 Å². The number of morpholine rings is 1. The molecule has 0 unspecified atom stereocenters. The van der Waals surface area contributed by atoms with Crippen LogP contribution in [-0.2, 0) is 17.7 Å². The second kappa shape index (κ2) is 7.72. The normalized spacial score (nSPS) is 22.0. The van der Waals surface area contributed by atoms with Gasteiger partial charge in [0.1, 0.15) is 0 Å². The zero-order chi connectivity index (χ0) is 16.2. The van der Waals surface area contributed by atoms with Gasteiger partial charge >= 0.3 is 0 Å². The van der Waals surface area contributed by atoms with E-state index in [1.165, 1.54) is 30.6 Å². The van der Waals surface area contributed by atoms with E-state index in [0.717, 1.165) is 76.9 Å². The van der Waals surface area contributed by atoms with Crippen LogP contribution in [0.25, 0.3) is 0 Å². The summed E-state index contributed by atoms with van der Waals surface area (Å²) in [5.41, 5.74) is 2.85. The van der Waals surface area contributed by atoms with Crippen molar-refractivity contribution in [1.82, 2.24) is 9.80 Å². The molecule has 0 saturated carbocycles. The molecule has 0 aromatic heterocycles. The lowest BCUT2D eigenvalue weighted by Gasteiger charge is -2.31. The minimum Gasteiger partial charge on any atom is -0.490 e. The van der Waals surface area contributed by atoms with Gasteiger partial charge in [0, 0.05) is 32.6 Å². The van der Waals surface area contributed by atoms with Crippen molar-refractivity contribution in [2.75, 3.05) is 59.2 Å². The summed E-state index contributed by atoms with van der Waals surface area (Å²) in [5, 5.41) is 0. The Balaban J connectivity index is 1.32. The summed E-state index contributed by atoms with van der Waals surface area (Å²) >= 11 is 0. The van der Waals surface area contributed by atoms with Crippen molar-refractivity contribution in [3.63, 3.8) is 0 Å². The van der Waals surface area contributed by atoms with E-state index in [4.69, 9.17) is 14.2 Å². The maximum atomic E-state index is 5.85. The predicted octanol–water partition coefficient (Wildman–Crippen LogP) is 1.93. The first-order chi connectivity index (χ1) is 11.9. The molecule has 132 valence electrons. The van der Waals surface area contributed by atoms with Gasteiger partial charge in [0.25, 0.3) is 0 Å². The molecule has 1 aromatic carbocycles. The Morgan fingerprint density at radius 1 is 0.792 bits per heavy atom. The van der Waals surface area contributed by atoms with Crippen LogP contribution < -0.4 is 9.47 Å². The minimum absolute atomic E-state index is 0.759. The summed E-state index contributed by atoms with van der Waals surface area (Å²) in [5.74, 6) is 1.87. The molecule has 0 bridgehead atoms. The second-order valence-electron chi connectivity index (χ2n) is 6.95. The molecular formula is C19H28N2O3. The molecule has 5 heteroatoms. The molecule has 3 aliphatic heterocycles. The van der Waals surface area contributed by atoms with Crippen LogP contribution in [-0.4, -0.2) is 69.0 Å². The van der Waals surface area contributed by atoms with Crippen LogP contribution >= 0.6 is 0 Å². The molecule has 1 aromatic rings. The van der Waals surface area contributed by atoms with Gasteiger partial charge in [-0.2, -0.15) is 0 Å². The fraction of sp³-hybridized carbons (Fsp3) is 0.684. The fourth-order valence-electron chi connectivity index (χ4n) is 3.80. The van der Waals surface area contributed by atoms with Crippen LogP contribution in [0.1, 0.15) is 24.0 Å². The van der Waals surface area contributed by atoms with E-state index in [9.17, 15) is 0 Å². The molecule has 4 rings (SSSR count). The Kier molecular flexibility index (Phi) is 5.21. The van der Waals surface area contributed by atoms with E-state index in [1.807, 2.05) is 0 Å². The molecule has 0 radical (unpaired) electrons. The highest BCUT2D eigenvalue weighted by Crippen LogP contribution is 2.35. The van der Waals surface area contributed by atoms with Crippen LogP contribution in [0.2, 0.25) is 0 Å². The van der Waals surface area contributed by atoms with E-state index in [-0.39, 0.29) is 0 Å². The number of hydrogen-bond acceptors (Lipinski definition) is 5. The van der Waals surface area contributed by atoms with Crippen LogP contribution in [0.5, 0.6) is 11.5 Å². The van der Waals surface area contributed by atoms with Gasteiger partial charge in [-0.05, 0) is 49.2 Å². The Morgan fingerprint density at radius 3 is 2.29 bits per heavy atom. The average Bonchev–Trinajstić information content (AvgIpc) is 2.85. The van der Waals surface area contributed by atoms with Gasteiger partial charge in [0.2, 0.25) is 0 Å². The Hall–Kier alpha value is -1.30. The molecule has 0 atom stereocenters. The van der Waals surface area contributed by atoms with Gasteiger partial charge in [-0.15, -0.1) is 0 Å². The lowest BCUT2D eigenvalue weighted by molar-refractivity contribution is 0.0359. The van der Waals surface area contributed by atoms with E-state index in [1.54, 1.807) is 0 Å². The average molecular weight is 332 g/mol. The van der Waals surface area contributed by atoms with Gasteiger partial charge < -0.3 is 14.2 Å². The van der Waals surface area contributed by atoms with E-state index in [0.29, 0.717) is 0 Å². The molecular weight excluding hydrogens is 304 g/mol. The monoisotopic (exact) mass is 332 g/mol. The molecule has 3 aliphatic rings. The van der Waals surface area contributed by atoms with Crippen LogP contribution in [0, 0.1) is 0 Å². The topological polar surface area (TPSA) is 34.2 Å². The summed E-state index contributed by atoms with van der Waals surface area (Å²) in [6, 6.07) is 4.42. The van der Waals surface area contributed by atoms with E-state index >= 15 is 0 Å². The lowest BCUT2D eigenvalue weighted by Crippen LogP contribution is -2.38.